The molecule has 0 amide bonds. The van der Waals surface area contributed by atoms with Crippen LogP contribution in [0.15, 0.2) is 0 Å². The van der Waals surface area contributed by atoms with E-state index in [9.17, 15) is 17.2 Å². The zero-order chi connectivity index (χ0) is 9.69. The zero-order valence-electron chi connectivity index (χ0n) is 7.04. The summed E-state index contributed by atoms with van der Waals surface area (Å²) in [5.41, 5.74) is 0.0714. The van der Waals surface area contributed by atoms with E-state index < -0.39 is 15.8 Å². The molecule has 0 aromatic rings. The van der Waals surface area contributed by atoms with Crippen LogP contribution in [0.1, 0.15) is 19.3 Å². The Balaban J connectivity index is 2.11. The van der Waals surface area contributed by atoms with Gasteiger partial charge in [0.1, 0.15) is 0 Å². The first-order valence-electron chi connectivity index (χ1n) is 4.23. The van der Waals surface area contributed by atoms with E-state index in [1.165, 1.54) is 0 Å². The van der Waals surface area contributed by atoms with Gasteiger partial charge >= 0.3 is 5.76 Å². The molecule has 1 saturated heterocycles. The Hall–Kier alpha value is -0.230. The molecule has 2 rings (SSSR count). The fourth-order valence-corrected chi connectivity index (χ4v) is 2.83. The average Bonchev–Trinajstić information content (AvgIpc) is 2.60. The lowest BCUT2D eigenvalue weighted by atomic mass is 10.1. The lowest BCUT2D eigenvalue weighted by Gasteiger charge is -2.14. The van der Waals surface area contributed by atoms with Crippen molar-refractivity contribution in [3.8, 4) is 0 Å². The Morgan fingerprint density at radius 1 is 1.23 bits per heavy atom. The topological polar surface area (TPSA) is 37.4 Å². The summed E-state index contributed by atoms with van der Waals surface area (Å²) in [6, 6.07) is 0. The third-order valence-electron chi connectivity index (χ3n) is 2.95. The second kappa shape index (κ2) is 2.63. The number of sulfonamides is 1. The Labute approximate surface area is 75.8 Å². The molecule has 76 valence electrons. The third kappa shape index (κ3) is 1.46. The van der Waals surface area contributed by atoms with E-state index in [0.29, 0.717) is 6.54 Å². The smallest absolute Gasteiger partial charge is 0.206 e. The van der Waals surface area contributed by atoms with Crippen LogP contribution < -0.4 is 0 Å². The van der Waals surface area contributed by atoms with Crippen LogP contribution in [0.3, 0.4) is 0 Å². The maximum atomic E-state index is 12.1. The summed E-state index contributed by atoms with van der Waals surface area (Å²) in [4.78, 5) is 0. The SMILES string of the molecule is O=S(=O)(C(F)F)N1CCC2(CC2)C1. The van der Waals surface area contributed by atoms with Crippen molar-refractivity contribution in [2.24, 2.45) is 5.41 Å². The standard InChI is InChI=1S/C7H11F2NO2S/c8-6(9)13(11,12)10-4-3-7(5-10)1-2-7/h6H,1-5H2. The van der Waals surface area contributed by atoms with Gasteiger partial charge in [0.2, 0.25) is 0 Å². The number of hydrogen-bond donors (Lipinski definition) is 0. The van der Waals surface area contributed by atoms with Crippen LogP contribution >= 0.6 is 0 Å². The average molecular weight is 211 g/mol. The highest BCUT2D eigenvalue weighted by Gasteiger charge is 2.51. The van der Waals surface area contributed by atoms with Crippen LogP contribution in [0, 0.1) is 5.41 Å². The second-order valence-electron chi connectivity index (χ2n) is 3.89. The highest BCUT2D eigenvalue weighted by Crippen LogP contribution is 2.53. The molecular weight excluding hydrogens is 200 g/mol. The summed E-state index contributed by atoms with van der Waals surface area (Å²) in [6.45, 7) is 0.576. The predicted octanol–water partition coefficient (Wildman–Crippen LogP) is 1.02. The molecular formula is C7H11F2NO2S. The molecule has 1 aliphatic heterocycles. The second-order valence-corrected chi connectivity index (χ2v) is 5.79. The molecule has 2 aliphatic rings. The molecule has 2 fully saturated rings. The molecule has 1 saturated carbocycles. The molecule has 1 aliphatic carbocycles. The minimum absolute atomic E-state index is 0.0714. The molecule has 0 atom stereocenters. The number of rotatable bonds is 2. The molecule has 3 nitrogen and oxygen atoms in total. The van der Waals surface area contributed by atoms with Crippen molar-refractivity contribution in [2.75, 3.05) is 13.1 Å². The van der Waals surface area contributed by atoms with Gasteiger partial charge < -0.3 is 0 Å². The van der Waals surface area contributed by atoms with Crippen LogP contribution in [0.25, 0.3) is 0 Å². The van der Waals surface area contributed by atoms with Crippen molar-refractivity contribution in [1.29, 1.82) is 0 Å². The van der Waals surface area contributed by atoms with E-state index in [1.54, 1.807) is 0 Å². The highest BCUT2D eigenvalue weighted by molar-refractivity contribution is 7.89. The van der Waals surface area contributed by atoms with Crippen molar-refractivity contribution in [1.82, 2.24) is 4.31 Å². The van der Waals surface area contributed by atoms with E-state index in [2.05, 4.69) is 0 Å². The van der Waals surface area contributed by atoms with Crippen molar-refractivity contribution in [3.63, 3.8) is 0 Å². The van der Waals surface area contributed by atoms with Crippen molar-refractivity contribution < 1.29 is 17.2 Å². The Bertz CT molecular complexity index is 310. The van der Waals surface area contributed by atoms with Crippen molar-refractivity contribution in [3.05, 3.63) is 0 Å². The molecule has 13 heavy (non-hydrogen) atoms. The summed E-state index contributed by atoms with van der Waals surface area (Å²) in [6.07, 6.45) is 2.73. The summed E-state index contributed by atoms with van der Waals surface area (Å²) in [7, 11) is -4.31. The van der Waals surface area contributed by atoms with Crippen molar-refractivity contribution in [2.45, 2.75) is 25.0 Å². The maximum absolute atomic E-state index is 12.1. The number of halogens is 2. The normalized spacial score (nSPS) is 27.3. The Kier molecular flexibility index (Phi) is 1.89. The lowest BCUT2D eigenvalue weighted by molar-refractivity contribution is 0.221. The Morgan fingerprint density at radius 3 is 2.23 bits per heavy atom. The van der Waals surface area contributed by atoms with E-state index in [4.69, 9.17) is 0 Å². The van der Waals surface area contributed by atoms with Gasteiger partial charge in [-0.2, -0.15) is 13.1 Å². The van der Waals surface area contributed by atoms with Crippen molar-refractivity contribution >= 4 is 10.0 Å². The largest absolute Gasteiger partial charge is 0.350 e. The van der Waals surface area contributed by atoms with Gasteiger partial charge in [-0.05, 0) is 24.7 Å². The first-order chi connectivity index (χ1) is 5.96. The summed E-state index contributed by atoms with van der Waals surface area (Å²) in [5, 5.41) is 0. The van der Waals surface area contributed by atoms with Crippen LogP contribution in [0.4, 0.5) is 8.78 Å². The summed E-state index contributed by atoms with van der Waals surface area (Å²) in [5.74, 6) is -3.26. The first-order valence-corrected chi connectivity index (χ1v) is 5.74. The molecule has 0 N–H and O–H groups in total. The fourth-order valence-electron chi connectivity index (χ4n) is 1.81. The number of nitrogens with zero attached hydrogens (tertiary/aromatic N) is 1. The van der Waals surface area contributed by atoms with Crippen LogP contribution in [-0.4, -0.2) is 31.6 Å². The number of hydrogen-bond acceptors (Lipinski definition) is 2. The van der Waals surface area contributed by atoms with Gasteiger partial charge in [0.25, 0.3) is 10.0 Å². The highest BCUT2D eigenvalue weighted by atomic mass is 32.2. The van der Waals surface area contributed by atoms with Gasteiger partial charge in [-0.3, -0.25) is 0 Å². The summed E-state index contributed by atoms with van der Waals surface area (Å²) < 4.78 is 47.2. The van der Waals surface area contributed by atoms with Gasteiger partial charge in [0.05, 0.1) is 0 Å². The molecule has 0 aromatic heterocycles. The molecule has 0 aromatic carbocycles. The predicted molar refractivity (Wildman–Crippen MR) is 42.8 cm³/mol. The van der Waals surface area contributed by atoms with Crippen LogP contribution in [-0.2, 0) is 10.0 Å². The fraction of sp³-hybridized carbons (Fsp3) is 1.00. The molecule has 1 spiro atoms. The van der Waals surface area contributed by atoms with E-state index in [1.807, 2.05) is 0 Å². The maximum Gasteiger partial charge on any atom is 0.350 e. The van der Waals surface area contributed by atoms with E-state index in [-0.39, 0.29) is 12.0 Å². The third-order valence-corrected chi connectivity index (χ3v) is 4.43. The van der Waals surface area contributed by atoms with Gasteiger partial charge in [0, 0.05) is 13.1 Å². The number of alkyl halides is 2. The minimum atomic E-state index is -4.31. The zero-order valence-corrected chi connectivity index (χ0v) is 7.86. The molecule has 0 radical (unpaired) electrons. The van der Waals surface area contributed by atoms with Crippen LogP contribution in [0.5, 0.6) is 0 Å². The van der Waals surface area contributed by atoms with Gasteiger partial charge in [-0.15, -0.1) is 0 Å². The van der Waals surface area contributed by atoms with E-state index >= 15 is 0 Å². The molecule has 0 bridgehead atoms. The Morgan fingerprint density at radius 2 is 1.85 bits per heavy atom. The molecule has 0 unspecified atom stereocenters. The molecule has 1 heterocycles. The van der Waals surface area contributed by atoms with Crippen LogP contribution in [0.2, 0.25) is 0 Å². The quantitative estimate of drug-likeness (QED) is 0.684. The monoisotopic (exact) mass is 211 g/mol. The van der Waals surface area contributed by atoms with Gasteiger partial charge in [-0.1, -0.05) is 0 Å². The minimum Gasteiger partial charge on any atom is -0.206 e. The van der Waals surface area contributed by atoms with Gasteiger partial charge in [-0.25, -0.2) is 8.42 Å². The lowest BCUT2D eigenvalue weighted by Crippen LogP contribution is -2.33. The first kappa shape index (κ1) is 9.33. The summed E-state index contributed by atoms with van der Waals surface area (Å²) >= 11 is 0. The molecule has 6 heteroatoms. The van der Waals surface area contributed by atoms with Gasteiger partial charge in [0.15, 0.2) is 0 Å². The van der Waals surface area contributed by atoms with E-state index in [0.717, 1.165) is 23.6 Å².